The molecule has 0 aliphatic heterocycles. The fourth-order valence-electron chi connectivity index (χ4n) is 2.55. The van der Waals surface area contributed by atoms with Crippen LogP contribution in [0.1, 0.15) is 15.9 Å². The van der Waals surface area contributed by atoms with Crippen LogP contribution in [-0.2, 0) is 6.54 Å². The summed E-state index contributed by atoms with van der Waals surface area (Å²) in [4.78, 5) is 28.8. The van der Waals surface area contributed by atoms with Crippen LogP contribution in [0.15, 0.2) is 49.1 Å². The molecular weight excluding hydrogens is 393 g/mol. The van der Waals surface area contributed by atoms with E-state index >= 15 is 0 Å². The Morgan fingerprint density at radius 1 is 1.30 bits per heavy atom. The number of amides is 1. The van der Waals surface area contributed by atoms with Gasteiger partial charge in [0, 0.05) is 25.2 Å². The summed E-state index contributed by atoms with van der Waals surface area (Å²) in [6, 6.07) is 9.33. The molecule has 0 saturated carbocycles. The Kier molecular flexibility index (Phi) is 5.38. The van der Waals surface area contributed by atoms with Crippen molar-refractivity contribution in [2.75, 3.05) is 7.05 Å². The van der Waals surface area contributed by atoms with Gasteiger partial charge in [-0.05, 0) is 23.8 Å². The number of benzene rings is 2. The molecule has 27 heavy (non-hydrogen) atoms. The minimum Gasteiger partial charge on any atom is -0.337 e. The molecular formula is C17H13Cl2N5O3. The van der Waals surface area contributed by atoms with Gasteiger partial charge in [0.15, 0.2) is 0 Å². The van der Waals surface area contributed by atoms with E-state index in [0.29, 0.717) is 15.6 Å². The average molecular weight is 406 g/mol. The number of carbonyl (C=O) groups is 1. The van der Waals surface area contributed by atoms with Crippen LogP contribution in [0.3, 0.4) is 0 Å². The van der Waals surface area contributed by atoms with Gasteiger partial charge in [0.1, 0.15) is 18.3 Å². The van der Waals surface area contributed by atoms with Crippen LogP contribution in [0, 0.1) is 10.1 Å². The summed E-state index contributed by atoms with van der Waals surface area (Å²) in [5.74, 6) is -0.390. The van der Waals surface area contributed by atoms with Gasteiger partial charge in [-0.25, -0.2) is 9.67 Å². The number of hydrogen-bond acceptors (Lipinski definition) is 5. The minimum atomic E-state index is -0.568. The van der Waals surface area contributed by atoms with Crippen molar-refractivity contribution in [2.45, 2.75) is 6.54 Å². The highest BCUT2D eigenvalue weighted by Crippen LogP contribution is 2.27. The molecule has 0 N–H and O–H groups in total. The van der Waals surface area contributed by atoms with Crippen LogP contribution < -0.4 is 0 Å². The molecule has 3 rings (SSSR count). The topological polar surface area (TPSA) is 94.2 Å². The van der Waals surface area contributed by atoms with E-state index in [1.807, 2.05) is 0 Å². The van der Waals surface area contributed by atoms with Crippen molar-refractivity contribution >= 4 is 34.8 Å². The summed E-state index contributed by atoms with van der Waals surface area (Å²) < 4.78 is 1.27. The molecule has 138 valence electrons. The lowest BCUT2D eigenvalue weighted by molar-refractivity contribution is -0.384. The molecule has 0 radical (unpaired) electrons. The highest BCUT2D eigenvalue weighted by Gasteiger charge is 2.21. The number of nitro benzene ring substituents is 1. The summed E-state index contributed by atoms with van der Waals surface area (Å²) in [6.07, 6.45) is 2.61. The molecule has 1 heterocycles. The van der Waals surface area contributed by atoms with Gasteiger partial charge in [-0.2, -0.15) is 5.10 Å². The quantitative estimate of drug-likeness (QED) is 0.475. The number of nitro groups is 1. The van der Waals surface area contributed by atoms with E-state index < -0.39 is 4.92 Å². The van der Waals surface area contributed by atoms with E-state index in [0.717, 1.165) is 0 Å². The normalized spacial score (nSPS) is 10.6. The van der Waals surface area contributed by atoms with Gasteiger partial charge in [-0.15, -0.1) is 0 Å². The third kappa shape index (κ3) is 3.91. The van der Waals surface area contributed by atoms with Crippen LogP contribution in [0.4, 0.5) is 5.69 Å². The van der Waals surface area contributed by atoms with Crippen molar-refractivity contribution in [1.82, 2.24) is 19.7 Å². The Balaban J connectivity index is 1.89. The molecule has 0 fully saturated rings. The van der Waals surface area contributed by atoms with Crippen molar-refractivity contribution in [1.29, 1.82) is 0 Å². The smallest absolute Gasteiger partial charge is 0.295 e. The lowest BCUT2D eigenvalue weighted by Crippen LogP contribution is -2.26. The Hall–Kier alpha value is -2.97. The predicted molar refractivity (Wildman–Crippen MR) is 100 cm³/mol. The first-order chi connectivity index (χ1) is 12.9. The maximum atomic E-state index is 12.7. The highest BCUT2D eigenvalue weighted by molar-refractivity contribution is 6.42. The van der Waals surface area contributed by atoms with Gasteiger partial charge >= 0.3 is 0 Å². The zero-order valence-electron chi connectivity index (χ0n) is 14.0. The molecule has 0 unspecified atom stereocenters. The van der Waals surface area contributed by atoms with Crippen molar-refractivity contribution in [2.24, 2.45) is 0 Å². The third-order valence-corrected chi connectivity index (χ3v) is 4.73. The Labute approximate surface area is 164 Å². The largest absolute Gasteiger partial charge is 0.337 e. The van der Waals surface area contributed by atoms with E-state index in [4.69, 9.17) is 23.2 Å². The maximum absolute atomic E-state index is 12.7. The van der Waals surface area contributed by atoms with Crippen LogP contribution >= 0.6 is 23.2 Å². The molecule has 0 atom stereocenters. The molecule has 0 bridgehead atoms. The fraction of sp³-hybridized carbons (Fsp3) is 0.118. The maximum Gasteiger partial charge on any atom is 0.295 e. The Morgan fingerprint density at radius 2 is 2.07 bits per heavy atom. The molecule has 0 spiro atoms. The SMILES string of the molecule is CN(Cc1cccc(Cl)c1Cl)C(=O)c1ccc(-n2cncn2)c([N+](=O)[O-])c1. The van der Waals surface area contributed by atoms with Gasteiger partial charge in [0.2, 0.25) is 0 Å². The number of aromatic nitrogens is 3. The highest BCUT2D eigenvalue weighted by atomic mass is 35.5. The first kappa shape index (κ1) is 18.8. The van der Waals surface area contributed by atoms with Gasteiger partial charge < -0.3 is 4.90 Å². The first-order valence-electron chi connectivity index (χ1n) is 7.70. The predicted octanol–water partition coefficient (Wildman–Crippen LogP) is 3.75. The standard InChI is InChI=1S/C17H13Cl2N5O3/c1-22(8-12-3-2-4-13(18)16(12)19)17(25)11-5-6-14(15(7-11)24(26)27)23-10-20-9-21-23/h2-7,9-10H,8H2,1H3. The summed E-state index contributed by atoms with van der Waals surface area (Å²) >= 11 is 12.1. The van der Waals surface area contributed by atoms with Gasteiger partial charge in [-0.3, -0.25) is 14.9 Å². The molecule has 3 aromatic rings. The summed E-state index contributed by atoms with van der Waals surface area (Å²) in [7, 11) is 1.58. The summed E-state index contributed by atoms with van der Waals surface area (Å²) in [5.41, 5.74) is 0.815. The van der Waals surface area contributed by atoms with E-state index in [1.54, 1.807) is 25.2 Å². The fourth-order valence-corrected chi connectivity index (χ4v) is 2.93. The lowest BCUT2D eigenvalue weighted by atomic mass is 10.1. The van der Waals surface area contributed by atoms with E-state index in [1.165, 1.54) is 40.4 Å². The van der Waals surface area contributed by atoms with Crippen molar-refractivity contribution < 1.29 is 9.72 Å². The van der Waals surface area contributed by atoms with E-state index in [9.17, 15) is 14.9 Å². The molecule has 0 aliphatic carbocycles. The molecule has 10 heteroatoms. The minimum absolute atomic E-state index is 0.172. The second-order valence-electron chi connectivity index (χ2n) is 5.67. The summed E-state index contributed by atoms with van der Waals surface area (Å²) in [5, 5.41) is 16.1. The average Bonchev–Trinajstić information content (AvgIpc) is 3.18. The molecule has 8 nitrogen and oxygen atoms in total. The monoisotopic (exact) mass is 405 g/mol. The van der Waals surface area contributed by atoms with Crippen LogP contribution in [0.2, 0.25) is 10.0 Å². The van der Waals surface area contributed by atoms with Gasteiger partial charge in [0.05, 0.1) is 15.0 Å². The Bertz CT molecular complexity index is 1010. The number of halogens is 2. The zero-order chi connectivity index (χ0) is 19.6. The van der Waals surface area contributed by atoms with Crippen LogP contribution in [0.25, 0.3) is 5.69 Å². The molecule has 2 aromatic carbocycles. The second kappa shape index (κ2) is 7.73. The van der Waals surface area contributed by atoms with Crippen LogP contribution in [0.5, 0.6) is 0 Å². The molecule has 1 amide bonds. The molecule has 1 aromatic heterocycles. The number of rotatable bonds is 5. The number of hydrogen-bond donors (Lipinski definition) is 0. The Morgan fingerprint density at radius 3 is 2.74 bits per heavy atom. The number of nitrogens with zero attached hydrogens (tertiary/aromatic N) is 5. The first-order valence-corrected chi connectivity index (χ1v) is 8.46. The van der Waals surface area contributed by atoms with Crippen LogP contribution in [-0.4, -0.2) is 37.5 Å². The van der Waals surface area contributed by atoms with Gasteiger partial charge in [-0.1, -0.05) is 35.3 Å². The molecule has 0 saturated heterocycles. The lowest BCUT2D eigenvalue weighted by Gasteiger charge is -2.18. The second-order valence-corrected chi connectivity index (χ2v) is 6.46. The van der Waals surface area contributed by atoms with Crippen molar-refractivity contribution in [3.63, 3.8) is 0 Å². The van der Waals surface area contributed by atoms with Gasteiger partial charge in [0.25, 0.3) is 11.6 Å². The molecule has 0 aliphatic rings. The zero-order valence-corrected chi connectivity index (χ0v) is 15.6. The van der Waals surface area contributed by atoms with E-state index in [-0.39, 0.29) is 29.4 Å². The van der Waals surface area contributed by atoms with Crippen molar-refractivity contribution in [3.8, 4) is 5.69 Å². The van der Waals surface area contributed by atoms with E-state index in [2.05, 4.69) is 10.1 Å². The number of carbonyl (C=O) groups excluding carboxylic acids is 1. The summed E-state index contributed by atoms with van der Waals surface area (Å²) in [6.45, 7) is 0.205. The third-order valence-electron chi connectivity index (χ3n) is 3.87. The van der Waals surface area contributed by atoms with Crippen molar-refractivity contribution in [3.05, 3.63) is 80.3 Å².